The number of amides is 2. The zero-order chi connectivity index (χ0) is 28.4. The van der Waals surface area contributed by atoms with E-state index in [4.69, 9.17) is 25.8 Å². The van der Waals surface area contributed by atoms with E-state index >= 15 is 0 Å². The molecule has 0 bridgehead atoms. The average molecular weight is 571 g/mol. The van der Waals surface area contributed by atoms with Crippen LogP contribution in [-0.4, -0.2) is 105 Å². The van der Waals surface area contributed by atoms with Gasteiger partial charge in [-0.05, 0) is 24.3 Å². The molecule has 0 saturated carbocycles. The molecule has 3 aliphatic heterocycles. The van der Waals surface area contributed by atoms with E-state index in [1.807, 2.05) is 23.1 Å². The molecule has 3 heterocycles. The Labute approximate surface area is 239 Å². The highest BCUT2D eigenvalue weighted by Crippen LogP contribution is 2.51. The zero-order valence-electron chi connectivity index (χ0n) is 23.0. The third-order valence-corrected chi connectivity index (χ3v) is 8.13. The lowest BCUT2D eigenvalue weighted by Gasteiger charge is -2.41. The molecule has 0 spiro atoms. The monoisotopic (exact) mass is 570 g/mol. The van der Waals surface area contributed by atoms with E-state index in [-0.39, 0.29) is 37.2 Å². The molecule has 10 nitrogen and oxygen atoms in total. The van der Waals surface area contributed by atoms with Crippen molar-refractivity contribution in [2.45, 2.75) is 30.5 Å². The van der Waals surface area contributed by atoms with Gasteiger partial charge < -0.3 is 24.4 Å². The number of carbonyl (C=O) groups excluding carboxylic acids is 3. The van der Waals surface area contributed by atoms with E-state index in [1.54, 1.807) is 45.5 Å². The maximum absolute atomic E-state index is 14.2. The summed E-state index contributed by atoms with van der Waals surface area (Å²) < 4.78 is 17.0. The number of rotatable bonds is 8. The summed E-state index contributed by atoms with van der Waals surface area (Å²) in [6.07, 6.45) is -0.103. The molecule has 2 aromatic carbocycles. The Hall–Kier alpha value is -3.18. The number of anilines is 1. The number of hydrogen-bond donors (Lipinski definition) is 1. The molecule has 2 saturated heterocycles. The highest BCUT2D eigenvalue weighted by Gasteiger charge is 2.60. The predicted molar refractivity (Wildman–Crippen MR) is 149 cm³/mol. The van der Waals surface area contributed by atoms with Crippen molar-refractivity contribution in [3.63, 3.8) is 0 Å². The Morgan fingerprint density at radius 1 is 1.15 bits per heavy atom. The van der Waals surface area contributed by atoms with Crippen molar-refractivity contribution >= 4 is 35.1 Å². The largest absolute Gasteiger partial charge is 0.496 e. The van der Waals surface area contributed by atoms with Crippen LogP contribution < -0.4 is 10.1 Å². The summed E-state index contributed by atoms with van der Waals surface area (Å²) in [5.41, 5.74) is 0.345. The number of hydrogen-bond acceptors (Lipinski definition) is 8. The summed E-state index contributed by atoms with van der Waals surface area (Å²) in [5, 5.41) is 3.45. The number of benzene rings is 2. The predicted octanol–water partition coefficient (Wildman–Crippen LogP) is 2.34. The molecule has 1 unspecified atom stereocenters. The zero-order valence-corrected chi connectivity index (χ0v) is 23.8. The molecule has 3 aliphatic rings. The molecule has 5 rings (SSSR count). The van der Waals surface area contributed by atoms with Crippen LogP contribution in [0.4, 0.5) is 5.69 Å². The number of likely N-dealkylation sites (tertiary alicyclic amines) is 1. The lowest BCUT2D eigenvalue weighted by molar-refractivity contribution is -0.149. The number of ether oxygens (including phenoxy) is 3. The normalized spacial score (nSPS) is 24.9. The van der Waals surface area contributed by atoms with Crippen LogP contribution in [-0.2, 0) is 29.4 Å². The van der Waals surface area contributed by atoms with Gasteiger partial charge in [-0.1, -0.05) is 29.8 Å². The smallest absolute Gasteiger partial charge is 0.307 e. The van der Waals surface area contributed by atoms with Gasteiger partial charge in [-0.2, -0.15) is 0 Å². The second-order valence-electron chi connectivity index (χ2n) is 10.5. The van der Waals surface area contributed by atoms with E-state index in [1.165, 1.54) is 4.90 Å². The van der Waals surface area contributed by atoms with E-state index in [9.17, 15) is 14.4 Å². The number of carbonyl (C=O) groups is 3. The van der Waals surface area contributed by atoms with E-state index in [0.717, 1.165) is 13.1 Å². The van der Waals surface area contributed by atoms with Gasteiger partial charge in [0.05, 0.1) is 32.8 Å². The summed E-state index contributed by atoms with van der Waals surface area (Å²) in [4.78, 5) is 46.2. The first kappa shape index (κ1) is 28.4. The molecule has 2 aromatic rings. The van der Waals surface area contributed by atoms with Crippen LogP contribution >= 0.6 is 11.6 Å². The van der Waals surface area contributed by atoms with Gasteiger partial charge >= 0.3 is 5.97 Å². The minimum atomic E-state index is -1.45. The van der Waals surface area contributed by atoms with E-state index in [2.05, 4.69) is 10.2 Å². The first-order chi connectivity index (χ1) is 19.2. The van der Waals surface area contributed by atoms with Crippen LogP contribution in [0.15, 0.2) is 42.5 Å². The van der Waals surface area contributed by atoms with Crippen LogP contribution in [0.3, 0.4) is 0 Å². The standard InChI is InChI=1S/C29H35ClN4O6/c1-32(2)27(36)24-17-20(40-26(35)10-11-33-12-14-39-15-13-33)18-34(24)29(21-6-4-5-7-25(21)38-3)22-16-19(30)8-9-23(22)31-28(29)37/h4-9,16,20,24H,10-15,17-18H2,1-3H3,(H,31,37)/t20-,24+,29?/m1/s1. The van der Waals surface area contributed by atoms with Crippen molar-refractivity contribution in [2.75, 3.05) is 65.9 Å². The van der Waals surface area contributed by atoms with Gasteiger partial charge in [0.2, 0.25) is 5.91 Å². The van der Waals surface area contributed by atoms with Gasteiger partial charge in [0.1, 0.15) is 11.9 Å². The number of morpholine rings is 1. The molecule has 0 radical (unpaired) electrons. The Morgan fingerprint density at radius 3 is 2.62 bits per heavy atom. The molecule has 11 heteroatoms. The number of methoxy groups -OCH3 is 1. The Bertz CT molecular complexity index is 1280. The minimum absolute atomic E-state index is 0.172. The summed E-state index contributed by atoms with van der Waals surface area (Å²) in [6.45, 7) is 3.62. The number of fused-ring (bicyclic) bond motifs is 1. The molecule has 1 N–H and O–H groups in total. The van der Waals surface area contributed by atoms with Crippen molar-refractivity contribution < 1.29 is 28.6 Å². The number of halogens is 1. The molecule has 2 fully saturated rings. The van der Waals surface area contributed by atoms with Gasteiger partial charge in [-0.3, -0.25) is 24.2 Å². The summed E-state index contributed by atoms with van der Waals surface area (Å²) in [7, 11) is 4.90. The van der Waals surface area contributed by atoms with Crippen molar-refractivity contribution in [3.8, 4) is 5.75 Å². The highest BCUT2D eigenvalue weighted by atomic mass is 35.5. The fourth-order valence-electron chi connectivity index (χ4n) is 6.02. The summed E-state index contributed by atoms with van der Waals surface area (Å²) in [6, 6.07) is 11.7. The van der Waals surface area contributed by atoms with Gasteiger partial charge in [0.25, 0.3) is 5.91 Å². The van der Waals surface area contributed by atoms with Crippen LogP contribution in [0.1, 0.15) is 24.0 Å². The van der Waals surface area contributed by atoms with Gasteiger partial charge in [-0.15, -0.1) is 0 Å². The molecule has 3 atom stereocenters. The molecule has 40 heavy (non-hydrogen) atoms. The molecule has 0 aliphatic carbocycles. The molecule has 2 amide bonds. The van der Waals surface area contributed by atoms with Crippen molar-refractivity contribution in [1.29, 1.82) is 0 Å². The Balaban J connectivity index is 1.52. The number of likely N-dealkylation sites (N-methyl/N-ethyl adjacent to an activating group) is 1. The maximum atomic E-state index is 14.2. The molecule has 0 aromatic heterocycles. The summed E-state index contributed by atoms with van der Waals surface area (Å²) in [5.74, 6) is -0.359. The quantitative estimate of drug-likeness (QED) is 0.483. The van der Waals surface area contributed by atoms with E-state index in [0.29, 0.717) is 47.3 Å². The first-order valence-electron chi connectivity index (χ1n) is 13.5. The number of para-hydroxylation sites is 1. The van der Waals surface area contributed by atoms with Crippen molar-refractivity contribution in [3.05, 3.63) is 58.6 Å². The highest BCUT2D eigenvalue weighted by molar-refractivity contribution is 6.31. The second kappa shape index (κ2) is 11.7. The van der Waals surface area contributed by atoms with Crippen molar-refractivity contribution in [1.82, 2.24) is 14.7 Å². The van der Waals surface area contributed by atoms with Crippen LogP contribution in [0.5, 0.6) is 5.75 Å². The lowest BCUT2D eigenvalue weighted by atomic mass is 9.80. The average Bonchev–Trinajstić information content (AvgIpc) is 3.49. The summed E-state index contributed by atoms with van der Waals surface area (Å²) >= 11 is 6.47. The Morgan fingerprint density at radius 2 is 1.90 bits per heavy atom. The van der Waals surface area contributed by atoms with Crippen LogP contribution in [0, 0.1) is 0 Å². The minimum Gasteiger partial charge on any atom is -0.496 e. The fraction of sp³-hybridized carbons (Fsp3) is 0.483. The lowest BCUT2D eigenvalue weighted by Crippen LogP contribution is -2.57. The van der Waals surface area contributed by atoms with Crippen LogP contribution in [0.25, 0.3) is 0 Å². The van der Waals surface area contributed by atoms with Gasteiger partial charge in [0, 0.05) is 68.5 Å². The maximum Gasteiger partial charge on any atom is 0.307 e. The second-order valence-corrected chi connectivity index (χ2v) is 10.9. The number of esters is 1. The van der Waals surface area contributed by atoms with E-state index < -0.39 is 17.7 Å². The van der Waals surface area contributed by atoms with Gasteiger partial charge in [-0.25, -0.2) is 0 Å². The fourth-order valence-corrected chi connectivity index (χ4v) is 6.19. The molecular weight excluding hydrogens is 536 g/mol. The number of nitrogens with one attached hydrogen (secondary N) is 1. The molecular formula is C29H35ClN4O6. The topological polar surface area (TPSA) is 101 Å². The third kappa shape index (κ3) is 5.16. The van der Waals surface area contributed by atoms with Crippen LogP contribution in [0.2, 0.25) is 5.02 Å². The SMILES string of the molecule is COc1ccccc1C1(N2C[C@H](OC(=O)CCN3CCOCC3)C[C@H]2C(=O)N(C)C)C(=O)Nc2ccc(Cl)cc21. The third-order valence-electron chi connectivity index (χ3n) is 7.90. The first-order valence-corrected chi connectivity index (χ1v) is 13.9. The molecule has 214 valence electrons. The number of nitrogens with zero attached hydrogens (tertiary/aromatic N) is 3. The van der Waals surface area contributed by atoms with Crippen molar-refractivity contribution in [2.24, 2.45) is 0 Å². The van der Waals surface area contributed by atoms with Gasteiger partial charge in [0.15, 0.2) is 5.54 Å². The Kier molecular flexibility index (Phi) is 8.32.